The van der Waals surface area contributed by atoms with E-state index in [1.54, 1.807) is 6.92 Å². The van der Waals surface area contributed by atoms with Gasteiger partial charge in [-0.3, -0.25) is 9.59 Å². The first kappa shape index (κ1) is 19.0. The summed E-state index contributed by atoms with van der Waals surface area (Å²) in [5.74, 6) is -0.911. The smallest absolute Gasteiger partial charge is 0.326 e. The van der Waals surface area contributed by atoms with Crippen LogP contribution < -0.4 is 0 Å². The highest BCUT2D eigenvalue weighted by Gasteiger charge is 2.55. The van der Waals surface area contributed by atoms with E-state index in [9.17, 15) is 19.5 Å². The average molecular weight is 384 g/mol. The van der Waals surface area contributed by atoms with Gasteiger partial charge in [0.05, 0.1) is 0 Å². The number of carbonyl (C=O) groups is 3. The second-order valence-electron chi connectivity index (χ2n) is 8.41. The summed E-state index contributed by atoms with van der Waals surface area (Å²) < 4.78 is 0. The number of carbonyl (C=O) groups excluding carboxylic acids is 2. The van der Waals surface area contributed by atoms with E-state index < -0.39 is 24.1 Å². The molecule has 1 saturated carbocycles. The van der Waals surface area contributed by atoms with Gasteiger partial charge in [0.25, 0.3) is 0 Å². The van der Waals surface area contributed by atoms with E-state index in [4.69, 9.17) is 0 Å². The van der Waals surface area contributed by atoms with Crippen LogP contribution in [0.5, 0.6) is 0 Å². The molecule has 0 bridgehead atoms. The second-order valence-corrected chi connectivity index (χ2v) is 8.41. The van der Waals surface area contributed by atoms with E-state index in [1.807, 2.05) is 35.2 Å². The summed E-state index contributed by atoms with van der Waals surface area (Å²) in [7, 11) is 0. The quantitative estimate of drug-likeness (QED) is 0.846. The highest BCUT2D eigenvalue weighted by Crippen LogP contribution is 2.43. The third kappa shape index (κ3) is 3.19. The lowest BCUT2D eigenvalue weighted by Gasteiger charge is -2.45. The molecule has 1 aliphatic carbocycles. The Labute approximate surface area is 165 Å². The lowest BCUT2D eigenvalue weighted by Crippen LogP contribution is -2.66. The predicted octanol–water partition coefficient (Wildman–Crippen LogP) is 2.46. The van der Waals surface area contributed by atoms with Crippen molar-refractivity contribution in [3.63, 3.8) is 0 Å². The van der Waals surface area contributed by atoms with Crippen molar-refractivity contribution in [1.82, 2.24) is 9.80 Å². The van der Waals surface area contributed by atoms with Gasteiger partial charge in [0.1, 0.15) is 18.1 Å². The zero-order chi connectivity index (χ0) is 19.8. The number of aryl methyl sites for hydroxylation is 1. The van der Waals surface area contributed by atoms with Gasteiger partial charge in [-0.1, -0.05) is 43.2 Å². The minimum atomic E-state index is -1.03. The average Bonchev–Trinajstić information content (AvgIpc) is 3.09. The molecule has 3 fully saturated rings. The van der Waals surface area contributed by atoms with Crippen LogP contribution in [0.3, 0.4) is 0 Å². The van der Waals surface area contributed by atoms with Crippen LogP contribution in [0.4, 0.5) is 0 Å². The molecule has 2 heterocycles. The Bertz CT molecular complexity index is 765. The number of carboxylic acids is 1. The summed E-state index contributed by atoms with van der Waals surface area (Å²) in [5.41, 5.74) is 1.03. The fourth-order valence-corrected chi connectivity index (χ4v) is 5.45. The first-order valence-corrected chi connectivity index (χ1v) is 10.4. The van der Waals surface area contributed by atoms with Gasteiger partial charge in [-0.05, 0) is 50.5 Å². The minimum absolute atomic E-state index is 0.0787. The summed E-state index contributed by atoms with van der Waals surface area (Å²) in [6.07, 6.45) is 5.82. The molecule has 4 rings (SSSR count). The Morgan fingerprint density at radius 2 is 1.86 bits per heavy atom. The van der Waals surface area contributed by atoms with Gasteiger partial charge in [0, 0.05) is 6.04 Å². The van der Waals surface area contributed by atoms with Crippen LogP contribution >= 0.6 is 0 Å². The van der Waals surface area contributed by atoms with Crippen LogP contribution in [-0.4, -0.2) is 56.9 Å². The largest absolute Gasteiger partial charge is 0.480 e. The molecule has 0 unspecified atom stereocenters. The number of rotatable bonds is 5. The van der Waals surface area contributed by atoms with Gasteiger partial charge in [-0.2, -0.15) is 0 Å². The number of hydrogen-bond acceptors (Lipinski definition) is 3. The number of amides is 2. The number of carboxylic acid groups (broad SMARTS) is 1. The molecule has 0 aromatic heterocycles. The van der Waals surface area contributed by atoms with Crippen molar-refractivity contribution in [2.24, 2.45) is 5.92 Å². The van der Waals surface area contributed by atoms with Crippen molar-refractivity contribution in [2.45, 2.75) is 76.0 Å². The molecule has 6 nitrogen and oxygen atoms in total. The molecular formula is C22H28N2O4. The summed E-state index contributed by atoms with van der Waals surface area (Å²) in [6.45, 7) is 1.69. The maximum absolute atomic E-state index is 13.3. The van der Waals surface area contributed by atoms with Crippen molar-refractivity contribution < 1.29 is 19.5 Å². The molecule has 1 N–H and O–H groups in total. The Morgan fingerprint density at radius 1 is 1.14 bits per heavy atom. The molecule has 2 aliphatic heterocycles. The van der Waals surface area contributed by atoms with Crippen LogP contribution in [0.25, 0.3) is 0 Å². The molecular weight excluding hydrogens is 356 g/mol. The van der Waals surface area contributed by atoms with E-state index in [0.29, 0.717) is 25.2 Å². The van der Waals surface area contributed by atoms with Gasteiger partial charge >= 0.3 is 5.97 Å². The molecule has 150 valence electrons. The first-order valence-electron chi connectivity index (χ1n) is 10.4. The normalized spacial score (nSPS) is 30.8. The SMILES string of the molecule is C[C@H]1C(=O)N2[C@H](C[C@H]3CCCC[C@H]32)C(=O)N1[C@@H](CCc1ccccc1)C(=O)O. The van der Waals surface area contributed by atoms with Crippen LogP contribution in [0.15, 0.2) is 30.3 Å². The fourth-order valence-electron chi connectivity index (χ4n) is 5.45. The first-order chi connectivity index (χ1) is 13.5. The Balaban J connectivity index is 1.56. The van der Waals surface area contributed by atoms with E-state index in [1.165, 1.54) is 4.90 Å². The minimum Gasteiger partial charge on any atom is -0.480 e. The second kappa shape index (κ2) is 7.57. The molecule has 3 aliphatic rings. The Kier molecular flexibility index (Phi) is 5.13. The summed E-state index contributed by atoms with van der Waals surface area (Å²) in [4.78, 5) is 41.7. The lowest BCUT2D eigenvalue weighted by molar-refractivity contribution is -0.168. The predicted molar refractivity (Wildman–Crippen MR) is 103 cm³/mol. The molecule has 2 amide bonds. The number of piperazine rings is 1. The van der Waals surface area contributed by atoms with E-state index >= 15 is 0 Å². The number of aliphatic carboxylic acids is 1. The zero-order valence-corrected chi connectivity index (χ0v) is 16.3. The number of nitrogens with zero attached hydrogens (tertiary/aromatic N) is 2. The van der Waals surface area contributed by atoms with Gasteiger partial charge in [0.15, 0.2) is 0 Å². The monoisotopic (exact) mass is 384 g/mol. The summed E-state index contributed by atoms with van der Waals surface area (Å²) in [6, 6.07) is 7.65. The van der Waals surface area contributed by atoms with Crippen molar-refractivity contribution in [3.8, 4) is 0 Å². The fraction of sp³-hybridized carbons (Fsp3) is 0.591. The standard InChI is InChI=1S/C22H28N2O4/c1-14-20(25)24-17-10-6-5-9-16(17)13-19(24)21(26)23(14)18(22(27)28)12-11-15-7-3-2-4-8-15/h2-4,7-8,14,16-19H,5-6,9-13H2,1H3,(H,27,28)/t14-,16+,17+,18-,19+/m0/s1. The Morgan fingerprint density at radius 3 is 2.57 bits per heavy atom. The van der Waals surface area contributed by atoms with Gasteiger partial charge < -0.3 is 14.9 Å². The van der Waals surface area contributed by atoms with Crippen molar-refractivity contribution in [2.75, 3.05) is 0 Å². The molecule has 6 heteroatoms. The molecule has 0 spiro atoms. The number of benzene rings is 1. The third-order valence-electron chi connectivity index (χ3n) is 6.83. The topological polar surface area (TPSA) is 77.9 Å². The van der Waals surface area contributed by atoms with Crippen LogP contribution in [0.2, 0.25) is 0 Å². The van der Waals surface area contributed by atoms with Gasteiger partial charge in [-0.15, -0.1) is 0 Å². The van der Waals surface area contributed by atoms with Gasteiger partial charge in [-0.25, -0.2) is 4.79 Å². The van der Waals surface area contributed by atoms with Crippen LogP contribution in [0.1, 0.15) is 51.0 Å². The van der Waals surface area contributed by atoms with Gasteiger partial charge in [0.2, 0.25) is 11.8 Å². The van der Waals surface area contributed by atoms with Crippen LogP contribution in [-0.2, 0) is 20.8 Å². The number of hydrogen-bond donors (Lipinski definition) is 1. The summed E-state index contributed by atoms with van der Waals surface area (Å²) >= 11 is 0. The van der Waals surface area contributed by atoms with Crippen molar-refractivity contribution in [3.05, 3.63) is 35.9 Å². The molecule has 5 atom stereocenters. The zero-order valence-electron chi connectivity index (χ0n) is 16.3. The van der Waals surface area contributed by atoms with Crippen molar-refractivity contribution in [1.29, 1.82) is 0 Å². The lowest BCUT2D eigenvalue weighted by atomic mass is 9.85. The molecule has 2 saturated heterocycles. The molecule has 1 aromatic rings. The van der Waals surface area contributed by atoms with E-state index in [2.05, 4.69) is 0 Å². The maximum atomic E-state index is 13.3. The molecule has 1 aromatic carbocycles. The molecule has 28 heavy (non-hydrogen) atoms. The maximum Gasteiger partial charge on any atom is 0.326 e. The molecule has 0 radical (unpaired) electrons. The number of fused-ring (bicyclic) bond motifs is 3. The third-order valence-corrected chi connectivity index (χ3v) is 6.83. The van der Waals surface area contributed by atoms with Crippen molar-refractivity contribution >= 4 is 17.8 Å². The van der Waals surface area contributed by atoms with E-state index in [-0.39, 0.29) is 17.9 Å². The van der Waals surface area contributed by atoms with Crippen LogP contribution in [0, 0.1) is 5.92 Å². The Hall–Kier alpha value is -2.37. The highest BCUT2D eigenvalue weighted by atomic mass is 16.4. The highest BCUT2D eigenvalue weighted by molar-refractivity contribution is 5.99. The van der Waals surface area contributed by atoms with E-state index in [0.717, 1.165) is 31.2 Å². The summed E-state index contributed by atoms with van der Waals surface area (Å²) in [5, 5.41) is 9.85.